The largest absolute Gasteiger partial charge is 0.497 e. The fourth-order valence-electron chi connectivity index (χ4n) is 1.93. The van der Waals surface area contributed by atoms with Crippen LogP contribution in [0.4, 0.5) is 0 Å². The van der Waals surface area contributed by atoms with Crippen LogP contribution < -0.4 is 16.0 Å². The number of nitrogens with zero attached hydrogens (tertiary/aromatic N) is 1. The van der Waals surface area contributed by atoms with Crippen molar-refractivity contribution in [3.8, 4) is 5.75 Å². The van der Waals surface area contributed by atoms with Crippen LogP contribution in [-0.2, 0) is 5.54 Å². The maximum atomic E-state index is 12.4. The molecule has 0 saturated heterocycles. The monoisotopic (exact) mass is 248 g/mol. The molecular weight excluding hydrogens is 232 g/mol. The van der Waals surface area contributed by atoms with Crippen LogP contribution in [-0.4, -0.2) is 16.7 Å². The number of H-pyrrole nitrogens is 1. The van der Waals surface area contributed by atoms with Crippen LogP contribution in [0, 0.1) is 0 Å². The minimum Gasteiger partial charge on any atom is -0.497 e. The van der Waals surface area contributed by atoms with Crippen molar-refractivity contribution in [2.75, 3.05) is 7.11 Å². The number of nitrogens with one attached hydrogen (secondary N) is 1. The fraction of sp³-hybridized carbons (Fsp3) is 0.385. The first-order valence-electron chi connectivity index (χ1n) is 5.68. The van der Waals surface area contributed by atoms with E-state index in [0.29, 0.717) is 16.7 Å². The second-order valence-electron chi connectivity index (χ2n) is 5.15. The molecule has 1 aromatic carbocycles. The molecule has 0 aliphatic rings. The van der Waals surface area contributed by atoms with E-state index >= 15 is 0 Å². The molecule has 5 nitrogen and oxygen atoms in total. The number of rotatable bonds is 1. The highest BCUT2D eigenvalue weighted by Gasteiger charge is 2.19. The summed E-state index contributed by atoms with van der Waals surface area (Å²) >= 11 is 0. The molecule has 1 aromatic heterocycles. The topological polar surface area (TPSA) is 64.1 Å². The van der Waals surface area contributed by atoms with E-state index in [1.165, 1.54) is 11.7 Å². The summed E-state index contributed by atoms with van der Waals surface area (Å²) in [7, 11) is 1.54. The first-order valence-corrected chi connectivity index (χ1v) is 5.68. The van der Waals surface area contributed by atoms with Gasteiger partial charge in [-0.1, -0.05) is 0 Å². The quantitative estimate of drug-likeness (QED) is 0.830. The van der Waals surface area contributed by atoms with Gasteiger partial charge in [0.2, 0.25) is 0 Å². The molecule has 0 saturated carbocycles. The van der Waals surface area contributed by atoms with Crippen LogP contribution in [0.2, 0.25) is 0 Å². The van der Waals surface area contributed by atoms with E-state index in [1.54, 1.807) is 18.2 Å². The molecule has 0 aliphatic heterocycles. The van der Waals surface area contributed by atoms with Crippen molar-refractivity contribution in [2.24, 2.45) is 0 Å². The van der Waals surface area contributed by atoms with Crippen LogP contribution in [0.1, 0.15) is 20.8 Å². The number of hydrogen-bond acceptors (Lipinski definition) is 3. The Morgan fingerprint density at radius 3 is 2.44 bits per heavy atom. The lowest BCUT2D eigenvalue weighted by Crippen LogP contribution is -2.44. The molecule has 0 fully saturated rings. The third kappa shape index (κ3) is 1.92. The second-order valence-corrected chi connectivity index (χ2v) is 5.15. The molecule has 0 spiro atoms. The smallest absolute Gasteiger partial charge is 0.329 e. The molecule has 1 N–H and O–H groups in total. The molecule has 0 aliphatic carbocycles. The lowest BCUT2D eigenvalue weighted by atomic mass is 10.1. The molecule has 2 rings (SSSR count). The zero-order valence-electron chi connectivity index (χ0n) is 10.9. The van der Waals surface area contributed by atoms with E-state index in [-0.39, 0.29) is 5.56 Å². The summed E-state index contributed by atoms with van der Waals surface area (Å²) < 4.78 is 6.31. The maximum Gasteiger partial charge on any atom is 0.329 e. The van der Waals surface area contributed by atoms with Gasteiger partial charge in [0, 0.05) is 5.54 Å². The minimum absolute atomic E-state index is 0.305. The van der Waals surface area contributed by atoms with Crippen molar-refractivity contribution in [3.05, 3.63) is 39.0 Å². The zero-order chi connectivity index (χ0) is 13.5. The molecule has 0 unspecified atom stereocenters. The molecule has 0 atom stereocenters. The van der Waals surface area contributed by atoms with Crippen LogP contribution in [0.15, 0.2) is 27.8 Å². The Balaban J connectivity index is 2.92. The van der Waals surface area contributed by atoms with Gasteiger partial charge in [-0.15, -0.1) is 0 Å². The second kappa shape index (κ2) is 4.01. The van der Waals surface area contributed by atoms with Gasteiger partial charge in [0.1, 0.15) is 5.75 Å². The van der Waals surface area contributed by atoms with E-state index in [9.17, 15) is 9.59 Å². The summed E-state index contributed by atoms with van der Waals surface area (Å²) in [5, 5.41) is 0.448. The number of benzene rings is 1. The maximum absolute atomic E-state index is 12.4. The van der Waals surface area contributed by atoms with Gasteiger partial charge in [-0.3, -0.25) is 9.36 Å². The predicted molar refractivity (Wildman–Crippen MR) is 70.4 cm³/mol. The molecule has 0 bridgehead atoms. The van der Waals surface area contributed by atoms with Crippen molar-refractivity contribution >= 4 is 10.9 Å². The Morgan fingerprint density at radius 2 is 1.89 bits per heavy atom. The van der Waals surface area contributed by atoms with E-state index in [4.69, 9.17) is 4.74 Å². The average Bonchev–Trinajstić information content (AvgIpc) is 2.26. The highest BCUT2D eigenvalue weighted by atomic mass is 16.5. The van der Waals surface area contributed by atoms with Crippen molar-refractivity contribution < 1.29 is 4.74 Å². The van der Waals surface area contributed by atoms with Crippen molar-refractivity contribution in [1.82, 2.24) is 9.55 Å². The van der Waals surface area contributed by atoms with Gasteiger partial charge >= 0.3 is 5.69 Å². The summed E-state index contributed by atoms with van der Waals surface area (Å²) in [5.74, 6) is 0.590. The first kappa shape index (κ1) is 12.4. The van der Waals surface area contributed by atoms with Crippen molar-refractivity contribution in [2.45, 2.75) is 26.3 Å². The summed E-state index contributed by atoms with van der Waals surface area (Å²) in [5.41, 5.74) is -0.751. The van der Waals surface area contributed by atoms with Gasteiger partial charge in [0.05, 0.1) is 18.0 Å². The Hall–Kier alpha value is -2.04. The lowest BCUT2D eigenvalue weighted by molar-refractivity contribution is 0.369. The van der Waals surface area contributed by atoms with Crippen LogP contribution in [0.25, 0.3) is 10.9 Å². The van der Waals surface area contributed by atoms with E-state index in [2.05, 4.69) is 4.98 Å². The Morgan fingerprint density at radius 1 is 1.22 bits per heavy atom. The number of fused-ring (bicyclic) bond motifs is 1. The van der Waals surface area contributed by atoms with Crippen LogP contribution in [0.5, 0.6) is 5.75 Å². The average molecular weight is 248 g/mol. The predicted octanol–water partition coefficient (Wildman–Crippen LogP) is 1.45. The van der Waals surface area contributed by atoms with Gasteiger partial charge < -0.3 is 9.72 Å². The van der Waals surface area contributed by atoms with Crippen LogP contribution >= 0.6 is 0 Å². The number of hydrogen-bond donors (Lipinski definition) is 1. The van der Waals surface area contributed by atoms with Gasteiger partial charge in [0.15, 0.2) is 0 Å². The molecular formula is C13H16N2O3. The van der Waals surface area contributed by atoms with Gasteiger partial charge in [0.25, 0.3) is 5.56 Å². The van der Waals surface area contributed by atoms with E-state index in [0.717, 1.165) is 0 Å². The fourth-order valence-corrected chi connectivity index (χ4v) is 1.93. The third-order valence-electron chi connectivity index (χ3n) is 2.78. The van der Waals surface area contributed by atoms with E-state index < -0.39 is 11.2 Å². The van der Waals surface area contributed by atoms with Crippen molar-refractivity contribution in [1.29, 1.82) is 0 Å². The standard InChI is InChI=1S/C13H16N2O3/c1-13(2,3)15-11(16)9-7-8(18-4)5-6-10(9)14-12(15)17/h5-7H,1-4H3,(H,14,17). The molecule has 18 heavy (non-hydrogen) atoms. The van der Waals surface area contributed by atoms with Gasteiger partial charge in [-0.25, -0.2) is 4.79 Å². The zero-order valence-corrected chi connectivity index (χ0v) is 10.9. The molecule has 2 aromatic rings. The number of aromatic nitrogens is 2. The summed E-state index contributed by atoms with van der Waals surface area (Å²) in [4.78, 5) is 27.0. The Kier molecular flexibility index (Phi) is 2.77. The highest BCUT2D eigenvalue weighted by Crippen LogP contribution is 2.16. The Labute approximate surface area is 104 Å². The van der Waals surface area contributed by atoms with Gasteiger partial charge in [-0.05, 0) is 39.0 Å². The van der Waals surface area contributed by atoms with Crippen LogP contribution in [0.3, 0.4) is 0 Å². The normalized spacial score (nSPS) is 11.8. The molecule has 0 amide bonds. The third-order valence-corrected chi connectivity index (χ3v) is 2.78. The molecule has 0 radical (unpaired) electrons. The van der Waals surface area contributed by atoms with Crippen molar-refractivity contribution in [3.63, 3.8) is 0 Å². The molecule has 5 heteroatoms. The SMILES string of the molecule is COc1ccc2[nH]c(=O)n(C(C)(C)C)c(=O)c2c1. The lowest BCUT2D eigenvalue weighted by Gasteiger charge is -2.21. The highest BCUT2D eigenvalue weighted by molar-refractivity contribution is 5.78. The minimum atomic E-state index is -0.568. The van der Waals surface area contributed by atoms with E-state index in [1.807, 2.05) is 20.8 Å². The van der Waals surface area contributed by atoms with Gasteiger partial charge in [-0.2, -0.15) is 0 Å². The number of methoxy groups -OCH3 is 1. The molecule has 96 valence electrons. The summed E-state index contributed by atoms with van der Waals surface area (Å²) in [6.45, 7) is 5.45. The Bertz CT molecular complexity index is 705. The summed E-state index contributed by atoms with van der Waals surface area (Å²) in [6.07, 6.45) is 0. The first-order chi connectivity index (χ1) is 8.34. The number of ether oxygens (including phenoxy) is 1. The summed E-state index contributed by atoms with van der Waals surface area (Å²) in [6, 6.07) is 5.01. The number of aromatic amines is 1. The molecule has 1 heterocycles.